The van der Waals surface area contributed by atoms with Gasteiger partial charge in [-0.05, 0) is 32.1 Å². The largest absolute Gasteiger partial charge is 0.352 e. The van der Waals surface area contributed by atoms with Gasteiger partial charge in [-0.15, -0.1) is 0 Å². The average Bonchev–Trinajstić information content (AvgIpc) is 2.58. The van der Waals surface area contributed by atoms with E-state index < -0.39 is 0 Å². The third kappa shape index (κ3) is 3.98. The van der Waals surface area contributed by atoms with Crippen LogP contribution in [0, 0.1) is 5.92 Å². The quantitative estimate of drug-likeness (QED) is 0.737. The zero-order valence-corrected chi connectivity index (χ0v) is 11.0. The Morgan fingerprint density at radius 1 is 1.24 bits per heavy atom. The molecule has 2 fully saturated rings. The molecular weight excluding hydrogens is 212 g/mol. The Morgan fingerprint density at radius 2 is 1.94 bits per heavy atom. The van der Waals surface area contributed by atoms with E-state index in [2.05, 4.69) is 17.6 Å². The van der Waals surface area contributed by atoms with Crippen LogP contribution >= 0.6 is 0 Å². The summed E-state index contributed by atoms with van der Waals surface area (Å²) in [6, 6.07) is 0.973. The minimum Gasteiger partial charge on any atom is -0.352 e. The number of carbonyl (C=O) groups is 1. The summed E-state index contributed by atoms with van der Waals surface area (Å²) >= 11 is 0. The molecule has 1 saturated heterocycles. The highest BCUT2D eigenvalue weighted by Gasteiger charge is 2.23. The lowest BCUT2D eigenvalue weighted by atomic mass is 9.93. The molecule has 1 aliphatic heterocycles. The van der Waals surface area contributed by atoms with Gasteiger partial charge in [-0.1, -0.05) is 25.7 Å². The number of hydrogen-bond donors (Lipinski definition) is 2. The van der Waals surface area contributed by atoms with E-state index in [1.165, 1.54) is 38.5 Å². The summed E-state index contributed by atoms with van der Waals surface area (Å²) < 4.78 is 0. The second kappa shape index (κ2) is 6.39. The third-order valence-electron chi connectivity index (χ3n) is 4.38. The van der Waals surface area contributed by atoms with E-state index in [1.807, 2.05) is 0 Å². The lowest BCUT2D eigenvalue weighted by molar-refractivity contribution is -0.119. The third-order valence-corrected chi connectivity index (χ3v) is 4.38. The molecule has 1 saturated carbocycles. The van der Waals surface area contributed by atoms with E-state index in [1.54, 1.807) is 0 Å². The highest BCUT2D eigenvalue weighted by molar-refractivity contribution is 5.78. The van der Waals surface area contributed by atoms with Gasteiger partial charge in [-0.3, -0.25) is 4.79 Å². The summed E-state index contributed by atoms with van der Waals surface area (Å²) in [4.78, 5) is 11.1. The second-order valence-electron chi connectivity index (χ2n) is 5.75. The molecule has 17 heavy (non-hydrogen) atoms. The number of nitrogens with one attached hydrogen (secondary N) is 2. The van der Waals surface area contributed by atoms with Crippen LogP contribution in [-0.2, 0) is 4.79 Å². The van der Waals surface area contributed by atoms with Gasteiger partial charge in [0.05, 0.1) is 0 Å². The van der Waals surface area contributed by atoms with Gasteiger partial charge < -0.3 is 10.6 Å². The van der Waals surface area contributed by atoms with Gasteiger partial charge in [0, 0.05) is 25.0 Å². The lowest BCUT2D eigenvalue weighted by Crippen LogP contribution is -2.42. The second-order valence-corrected chi connectivity index (χ2v) is 5.75. The van der Waals surface area contributed by atoms with Gasteiger partial charge in [0.25, 0.3) is 0 Å². The molecule has 3 nitrogen and oxygen atoms in total. The molecule has 0 bridgehead atoms. The summed E-state index contributed by atoms with van der Waals surface area (Å²) in [5, 5.41) is 6.65. The molecule has 1 amide bonds. The molecule has 1 heterocycles. The topological polar surface area (TPSA) is 41.1 Å². The summed E-state index contributed by atoms with van der Waals surface area (Å²) in [5.41, 5.74) is 0. The Bertz CT molecular complexity index is 247. The fourth-order valence-corrected chi connectivity index (χ4v) is 3.14. The van der Waals surface area contributed by atoms with Crippen molar-refractivity contribution in [1.82, 2.24) is 10.6 Å². The van der Waals surface area contributed by atoms with Crippen molar-refractivity contribution < 1.29 is 4.79 Å². The minimum absolute atomic E-state index is 0.221. The summed E-state index contributed by atoms with van der Waals surface area (Å²) in [6.45, 7) is 3.26. The fourth-order valence-electron chi connectivity index (χ4n) is 3.14. The first-order valence-electron chi connectivity index (χ1n) is 7.28. The van der Waals surface area contributed by atoms with Crippen molar-refractivity contribution in [2.45, 2.75) is 70.4 Å². The molecule has 0 aromatic heterocycles. The number of carbonyl (C=O) groups excluding carboxylic acids is 1. The Kier molecular flexibility index (Phi) is 4.84. The maximum Gasteiger partial charge on any atom is 0.220 e. The Labute approximate surface area is 105 Å². The van der Waals surface area contributed by atoms with Crippen LogP contribution in [0.15, 0.2) is 0 Å². The predicted octanol–water partition coefficient (Wildman–Crippen LogP) is 2.21. The first kappa shape index (κ1) is 12.9. The molecule has 0 aromatic rings. The molecule has 2 atom stereocenters. The standard InChI is InChI=1S/C14H26N2O/c1-11(12-6-4-2-3-5-7-12)15-10-13-8-9-14(17)16-13/h11-13,15H,2-10H2,1H3,(H,16,17)/t11-,13?/m1/s1. The van der Waals surface area contributed by atoms with Crippen molar-refractivity contribution in [2.75, 3.05) is 6.54 Å². The van der Waals surface area contributed by atoms with Crippen LogP contribution in [0.1, 0.15) is 58.3 Å². The molecule has 0 aromatic carbocycles. The van der Waals surface area contributed by atoms with Crippen LogP contribution in [-0.4, -0.2) is 24.5 Å². The molecule has 1 unspecified atom stereocenters. The van der Waals surface area contributed by atoms with Gasteiger partial charge in [-0.25, -0.2) is 0 Å². The van der Waals surface area contributed by atoms with Crippen molar-refractivity contribution >= 4 is 5.91 Å². The van der Waals surface area contributed by atoms with Crippen molar-refractivity contribution in [2.24, 2.45) is 5.92 Å². The summed E-state index contributed by atoms with van der Waals surface area (Å²) in [6.07, 6.45) is 10.1. The van der Waals surface area contributed by atoms with Gasteiger partial charge >= 0.3 is 0 Å². The fraction of sp³-hybridized carbons (Fsp3) is 0.929. The molecule has 3 heteroatoms. The van der Waals surface area contributed by atoms with Crippen molar-refractivity contribution in [3.63, 3.8) is 0 Å². The summed E-state index contributed by atoms with van der Waals surface area (Å²) in [5.74, 6) is 1.06. The maximum absolute atomic E-state index is 11.1. The monoisotopic (exact) mass is 238 g/mol. The molecule has 0 spiro atoms. The van der Waals surface area contributed by atoms with E-state index >= 15 is 0 Å². The van der Waals surface area contributed by atoms with Gasteiger partial charge in [0.2, 0.25) is 5.91 Å². The molecule has 0 radical (unpaired) electrons. The first-order valence-corrected chi connectivity index (χ1v) is 7.28. The predicted molar refractivity (Wildman–Crippen MR) is 69.8 cm³/mol. The van der Waals surface area contributed by atoms with E-state index in [4.69, 9.17) is 0 Å². The SMILES string of the molecule is C[C@@H](NCC1CCC(=O)N1)C1CCCCCC1. The smallest absolute Gasteiger partial charge is 0.220 e. The molecule has 98 valence electrons. The number of amides is 1. The Balaban J connectivity index is 1.68. The normalized spacial score (nSPS) is 28.8. The van der Waals surface area contributed by atoms with E-state index in [0.717, 1.165) is 18.9 Å². The van der Waals surface area contributed by atoms with Crippen LogP contribution in [0.3, 0.4) is 0 Å². The van der Waals surface area contributed by atoms with Crippen molar-refractivity contribution in [3.8, 4) is 0 Å². The molecule has 1 aliphatic carbocycles. The molecule has 2 N–H and O–H groups in total. The number of rotatable bonds is 4. The van der Waals surface area contributed by atoms with Crippen molar-refractivity contribution in [3.05, 3.63) is 0 Å². The van der Waals surface area contributed by atoms with Crippen LogP contribution < -0.4 is 10.6 Å². The first-order chi connectivity index (χ1) is 8.25. The Hall–Kier alpha value is -0.570. The zero-order valence-electron chi connectivity index (χ0n) is 11.0. The maximum atomic E-state index is 11.1. The Morgan fingerprint density at radius 3 is 2.53 bits per heavy atom. The van der Waals surface area contributed by atoms with Gasteiger partial charge in [0.15, 0.2) is 0 Å². The van der Waals surface area contributed by atoms with E-state index in [9.17, 15) is 4.79 Å². The average molecular weight is 238 g/mol. The van der Waals surface area contributed by atoms with E-state index in [-0.39, 0.29) is 5.91 Å². The van der Waals surface area contributed by atoms with Crippen LogP contribution in [0.2, 0.25) is 0 Å². The minimum atomic E-state index is 0.221. The van der Waals surface area contributed by atoms with Crippen molar-refractivity contribution in [1.29, 1.82) is 0 Å². The highest BCUT2D eigenvalue weighted by atomic mass is 16.1. The lowest BCUT2D eigenvalue weighted by Gasteiger charge is -2.25. The van der Waals surface area contributed by atoms with Crippen LogP contribution in [0.25, 0.3) is 0 Å². The van der Waals surface area contributed by atoms with Crippen LogP contribution in [0.4, 0.5) is 0 Å². The number of hydrogen-bond acceptors (Lipinski definition) is 2. The zero-order chi connectivity index (χ0) is 12.1. The van der Waals surface area contributed by atoms with Crippen LogP contribution in [0.5, 0.6) is 0 Å². The molecule has 2 rings (SSSR count). The van der Waals surface area contributed by atoms with Gasteiger partial charge in [-0.2, -0.15) is 0 Å². The summed E-state index contributed by atoms with van der Waals surface area (Å²) in [7, 11) is 0. The highest BCUT2D eigenvalue weighted by Crippen LogP contribution is 2.25. The molecular formula is C14H26N2O. The molecule has 2 aliphatic rings. The van der Waals surface area contributed by atoms with Gasteiger partial charge in [0.1, 0.15) is 0 Å². The van der Waals surface area contributed by atoms with E-state index in [0.29, 0.717) is 18.5 Å².